The van der Waals surface area contributed by atoms with Gasteiger partial charge in [0.1, 0.15) is 11.8 Å². The molecule has 1 fully saturated rings. The molecule has 0 spiro atoms. The lowest BCUT2D eigenvalue weighted by atomic mass is 10.1. The van der Waals surface area contributed by atoms with E-state index in [2.05, 4.69) is 0 Å². The average molecular weight is 313 g/mol. The molecule has 0 saturated carbocycles. The molecule has 1 atom stereocenters. The highest BCUT2D eigenvalue weighted by molar-refractivity contribution is 6.32. The molecule has 114 valence electrons. The Morgan fingerprint density at radius 1 is 1.38 bits per heavy atom. The summed E-state index contributed by atoms with van der Waals surface area (Å²) in [5.74, 6) is -0.656. The van der Waals surface area contributed by atoms with Crippen molar-refractivity contribution in [3.05, 3.63) is 28.8 Å². The van der Waals surface area contributed by atoms with Gasteiger partial charge in [-0.05, 0) is 25.2 Å². The van der Waals surface area contributed by atoms with E-state index in [1.807, 2.05) is 0 Å². The fourth-order valence-corrected chi connectivity index (χ4v) is 2.56. The van der Waals surface area contributed by atoms with Gasteiger partial charge in [0.2, 0.25) is 0 Å². The third-order valence-electron chi connectivity index (χ3n) is 3.62. The van der Waals surface area contributed by atoms with Gasteiger partial charge in [0.15, 0.2) is 0 Å². The molecule has 1 heterocycles. The van der Waals surface area contributed by atoms with E-state index < -0.39 is 12.0 Å². The van der Waals surface area contributed by atoms with Crippen LogP contribution in [-0.2, 0) is 4.79 Å². The average Bonchev–Trinajstić information content (AvgIpc) is 2.46. The van der Waals surface area contributed by atoms with Crippen molar-refractivity contribution in [3.63, 3.8) is 0 Å². The number of hydrogen-bond acceptors (Lipinski definition) is 4. The predicted molar refractivity (Wildman–Crippen MR) is 78.0 cm³/mol. The van der Waals surface area contributed by atoms with Crippen molar-refractivity contribution in [2.75, 3.05) is 33.8 Å². The van der Waals surface area contributed by atoms with E-state index in [9.17, 15) is 14.7 Å². The molecule has 1 amide bonds. The molecule has 1 aromatic rings. The van der Waals surface area contributed by atoms with Gasteiger partial charge in [0.25, 0.3) is 5.91 Å². The minimum atomic E-state index is -0.928. The highest BCUT2D eigenvalue weighted by atomic mass is 35.5. The number of methoxy groups -OCH3 is 1. The van der Waals surface area contributed by atoms with Gasteiger partial charge in [-0.2, -0.15) is 0 Å². The van der Waals surface area contributed by atoms with Crippen molar-refractivity contribution in [3.8, 4) is 5.75 Å². The minimum Gasteiger partial charge on any atom is -0.495 e. The quantitative estimate of drug-likeness (QED) is 0.908. The number of piperazine rings is 1. The SMILES string of the molecule is COc1ccc(C(=O)N2CCN(C)C(C(=O)O)C2)cc1Cl. The molecule has 1 unspecified atom stereocenters. The number of aliphatic carboxylic acids is 1. The number of likely N-dealkylation sites (N-methyl/N-ethyl adjacent to an activating group) is 1. The van der Waals surface area contributed by atoms with E-state index in [4.69, 9.17) is 16.3 Å². The maximum Gasteiger partial charge on any atom is 0.322 e. The molecule has 2 rings (SSSR count). The van der Waals surface area contributed by atoms with Gasteiger partial charge in [0.05, 0.1) is 12.1 Å². The summed E-state index contributed by atoms with van der Waals surface area (Å²) >= 11 is 6.02. The van der Waals surface area contributed by atoms with Crippen molar-refractivity contribution >= 4 is 23.5 Å². The van der Waals surface area contributed by atoms with Crippen molar-refractivity contribution < 1.29 is 19.4 Å². The Morgan fingerprint density at radius 2 is 2.10 bits per heavy atom. The first-order chi connectivity index (χ1) is 9.93. The van der Waals surface area contributed by atoms with E-state index in [1.165, 1.54) is 18.1 Å². The van der Waals surface area contributed by atoms with Crippen molar-refractivity contribution in [2.45, 2.75) is 6.04 Å². The number of carboxylic acid groups (broad SMARTS) is 1. The number of carbonyl (C=O) groups is 2. The Bertz CT molecular complexity index is 564. The molecule has 1 N–H and O–H groups in total. The smallest absolute Gasteiger partial charge is 0.322 e. The van der Waals surface area contributed by atoms with Crippen LogP contribution in [0.4, 0.5) is 0 Å². The number of benzene rings is 1. The Hall–Kier alpha value is -1.79. The fraction of sp³-hybridized carbons (Fsp3) is 0.429. The number of carboxylic acids is 1. The van der Waals surface area contributed by atoms with Crippen LogP contribution < -0.4 is 4.74 Å². The number of ether oxygens (including phenoxy) is 1. The molecule has 0 aromatic heterocycles. The lowest BCUT2D eigenvalue weighted by Crippen LogP contribution is -2.56. The lowest BCUT2D eigenvalue weighted by Gasteiger charge is -2.37. The van der Waals surface area contributed by atoms with Crippen LogP contribution in [0.5, 0.6) is 5.75 Å². The van der Waals surface area contributed by atoms with E-state index >= 15 is 0 Å². The predicted octanol–water partition coefficient (Wildman–Crippen LogP) is 1.19. The maximum absolute atomic E-state index is 12.4. The van der Waals surface area contributed by atoms with Crippen LogP contribution in [-0.4, -0.2) is 66.6 Å². The van der Waals surface area contributed by atoms with Crippen LogP contribution in [0.25, 0.3) is 0 Å². The van der Waals surface area contributed by atoms with Crippen LogP contribution >= 0.6 is 11.6 Å². The molecule has 0 radical (unpaired) electrons. The van der Waals surface area contributed by atoms with E-state index in [0.29, 0.717) is 29.4 Å². The maximum atomic E-state index is 12.4. The number of hydrogen-bond donors (Lipinski definition) is 1. The number of carbonyl (C=O) groups excluding carboxylic acids is 1. The Labute approximate surface area is 127 Å². The van der Waals surface area contributed by atoms with Crippen molar-refractivity contribution in [2.24, 2.45) is 0 Å². The first kappa shape index (κ1) is 15.6. The molecule has 7 heteroatoms. The molecule has 1 aliphatic rings. The molecule has 0 bridgehead atoms. The molecular weight excluding hydrogens is 296 g/mol. The number of nitrogens with zero attached hydrogens (tertiary/aromatic N) is 2. The minimum absolute atomic E-state index is 0.161. The van der Waals surface area contributed by atoms with Gasteiger partial charge in [-0.25, -0.2) is 0 Å². The van der Waals surface area contributed by atoms with Gasteiger partial charge in [-0.15, -0.1) is 0 Å². The summed E-state index contributed by atoms with van der Waals surface area (Å²) in [6.07, 6.45) is 0. The first-order valence-corrected chi connectivity index (χ1v) is 6.87. The Kier molecular flexibility index (Phi) is 4.69. The van der Waals surface area contributed by atoms with Crippen LogP contribution in [0, 0.1) is 0 Å². The summed E-state index contributed by atoms with van der Waals surface area (Å²) in [6.45, 7) is 1.17. The van der Waals surface area contributed by atoms with Crippen molar-refractivity contribution in [1.82, 2.24) is 9.80 Å². The van der Waals surface area contributed by atoms with E-state index in [0.717, 1.165) is 0 Å². The molecule has 1 aromatic carbocycles. The highest BCUT2D eigenvalue weighted by Crippen LogP contribution is 2.25. The fourth-order valence-electron chi connectivity index (χ4n) is 2.31. The standard InChI is InChI=1S/C14H17ClN2O4/c1-16-5-6-17(8-11(16)14(19)20)13(18)9-3-4-12(21-2)10(15)7-9/h3-4,7,11H,5-6,8H2,1-2H3,(H,19,20). The van der Waals surface area contributed by atoms with Crippen LogP contribution in [0.3, 0.4) is 0 Å². The first-order valence-electron chi connectivity index (χ1n) is 6.50. The van der Waals surface area contributed by atoms with Gasteiger partial charge in [-0.3, -0.25) is 14.5 Å². The van der Waals surface area contributed by atoms with Gasteiger partial charge >= 0.3 is 5.97 Å². The number of rotatable bonds is 3. The normalized spacial score (nSPS) is 19.4. The van der Waals surface area contributed by atoms with Gasteiger partial charge in [-0.1, -0.05) is 11.6 Å². The number of halogens is 1. The molecular formula is C14H17ClN2O4. The second kappa shape index (κ2) is 6.32. The second-order valence-electron chi connectivity index (χ2n) is 4.94. The Balaban J connectivity index is 2.16. The monoisotopic (exact) mass is 312 g/mol. The van der Waals surface area contributed by atoms with Gasteiger partial charge in [0, 0.05) is 25.2 Å². The zero-order valence-electron chi connectivity index (χ0n) is 11.9. The number of amides is 1. The Morgan fingerprint density at radius 3 is 2.67 bits per heavy atom. The second-order valence-corrected chi connectivity index (χ2v) is 5.34. The topological polar surface area (TPSA) is 70.1 Å². The summed E-state index contributed by atoms with van der Waals surface area (Å²) < 4.78 is 5.05. The summed E-state index contributed by atoms with van der Waals surface area (Å²) in [5.41, 5.74) is 0.425. The van der Waals surface area contributed by atoms with Crippen LogP contribution in [0.2, 0.25) is 5.02 Å². The van der Waals surface area contributed by atoms with Crippen LogP contribution in [0.15, 0.2) is 18.2 Å². The zero-order valence-corrected chi connectivity index (χ0v) is 12.6. The highest BCUT2D eigenvalue weighted by Gasteiger charge is 2.32. The molecule has 1 aliphatic heterocycles. The zero-order chi connectivity index (χ0) is 15.6. The van der Waals surface area contributed by atoms with Crippen LogP contribution in [0.1, 0.15) is 10.4 Å². The summed E-state index contributed by atoms with van der Waals surface area (Å²) in [7, 11) is 3.24. The van der Waals surface area contributed by atoms with Gasteiger partial charge < -0.3 is 14.7 Å². The lowest BCUT2D eigenvalue weighted by molar-refractivity contribution is -0.144. The molecule has 1 saturated heterocycles. The third kappa shape index (κ3) is 3.28. The van der Waals surface area contributed by atoms with E-state index in [1.54, 1.807) is 24.1 Å². The van der Waals surface area contributed by atoms with E-state index in [-0.39, 0.29) is 12.5 Å². The summed E-state index contributed by atoms with van der Waals surface area (Å²) in [4.78, 5) is 26.9. The molecule has 21 heavy (non-hydrogen) atoms. The summed E-state index contributed by atoms with van der Waals surface area (Å²) in [5, 5.41) is 9.53. The third-order valence-corrected chi connectivity index (χ3v) is 3.91. The molecule has 6 nitrogen and oxygen atoms in total. The largest absolute Gasteiger partial charge is 0.495 e. The summed E-state index contributed by atoms with van der Waals surface area (Å²) in [6, 6.07) is 4.11. The molecule has 0 aliphatic carbocycles. The van der Waals surface area contributed by atoms with Crippen molar-refractivity contribution in [1.29, 1.82) is 0 Å².